The zero-order valence-corrected chi connectivity index (χ0v) is 11.1. The van der Waals surface area contributed by atoms with Crippen LogP contribution in [0.3, 0.4) is 0 Å². The molecule has 0 aliphatic carbocycles. The second-order valence-corrected chi connectivity index (χ2v) is 4.82. The van der Waals surface area contributed by atoms with Gasteiger partial charge in [0.15, 0.2) is 0 Å². The Labute approximate surface area is 116 Å². The molecule has 5 nitrogen and oxygen atoms in total. The molecule has 104 valence electrons. The Morgan fingerprint density at radius 1 is 1.25 bits per heavy atom. The van der Waals surface area contributed by atoms with Crippen LogP contribution >= 0.6 is 0 Å². The van der Waals surface area contributed by atoms with E-state index in [0.29, 0.717) is 23.1 Å². The fraction of sp³-hybridized carbons (Fsp3) is 0.333. The van der Waals surface area contributed by atoms with Crippen molar-refractivity contribution in [2.24, 2.45) is 0 Å². The van der Waals surface area contributed by atoms with Crippen LogP contribution in [-0.4, -0.2) is 42.4 Å². The van der Waals surface area contributed by atoms with Crippen molar-refractivity contribution < 1.29 is 14.6 Å². The van der Waals surface area contributed by atoms with Crippen molar-refractivity contribution in [2.45, 2.75) is 6.42 Å². The van der Waals surface area contributed by atoms with E-state index in [2.05, 4.69) is 9.88 Å². The summed E-state index contributed by atoms with van der Waals surface area (Å²) in [6, 6.07) is 7.33. The summed E-state index contributed by atoms with van der Waals surface area (Å²) in [5.74, 6) is -0.922. The van der Waals surface area contributed by atoms with E-state index >= 15 is 0 Å². The van der Waals surface area contributed by atoms with E-state index < -0.39 is 5.97 Å². The van der Waals surface area contributed by atoms with Gasteiger partial charge in [-0.1, -0.05) is 0 Å². The van der Waals surface area contributed by atoms with Gasteiger partial charge in [-0.05, 0) is 30.7 Å². The Bertz CT molecular complexity index is 634. The number of aromatic nitrogens is 1. The number of fused-ring (bicyclic) bond motifs is 1. The zero-order valence-electron chi connectivity index (χ0n) is 11.1. The van der Waals surface area contributed by atoms with Crippen molar-refractivity contribution in [3.63, 3.8) is 0 Å². The van der Waals surface area contributed by atoms with E-state index in [1.54, 1.807) is 6.07 Å². The highest BCUT2D eigenvalue weighted by atomic mass is 16.5. The largest absolute Gasteiger partial charge is 0.478 e. The van der Waals surface area contributed by atoms with Crippen LogP contribution in [0.15, 0.2) is 30.5 Å². The molecule has 1 N–H and O–H groups in total. The minimum Gasteiger partial charge on any atom is -0.478 e. The van der Waals surface area contributed by atoms with Gasteiger partial charge < -0.3 is 14.7 Å². The van der Waals surface area contributed by atoms with Crippen LogP contribution in [0, 0.1) is 0 Å². The maximum atomic E-state index is 11.3. The molecule has 0 bridgehead atoms. The number of benzene rings is 1. The lowest BCUT2D eigenvalue weighted by Crippen LogP contribution is -2.25. The van der Waals surface area contributed by atoms with E-state index in [-0.39, 0.29) is 0 Å². The molecule has 0 amide bonds. The van der Waals surface area contributed by atoms with Crippen molar-refractivity contribution in [1.29, 1.82) is 0 Å². The van der Waals surface area contributed by atoms with Crippen molar-refractivity contribution in [1.82, 2.24) is 4.98 Å². The Balaban J connectivity index is 2.04. The highest BCUT2D eigenvalue weighted by Gasteiger charge is 2.13. The number of nitrogens with zero attached hydrogens (tertiary/aromatic N) is 2. The minimum absolute atomic E-state index is 0.294. The topological polar surface area (TPSA) is 62.7 Å². The van der Waals surface area contributed by atoms with E-state index in [1.165, 1.54) is 6.20 Å². The number of aromatic carboxylic acids is 1. The monoisotopic (exact) mass is 272 g/mol. The summed E-state index contributed by atoms with van der Waals surface area (Å²) >= 11 is 0. The third-order valence-electron chi connectivity index (χ3n) is 3.54. The molecule has 1 aliphatic rings. The molecule has 1 fully saturated rings. The van der Waals surface area contributed by atoms with Gasteiger partial charge in [-0.25, -0.2) is 4.79 Å². The van der Waals surface area contributed by atoms with Crippen LogP contribution < -0.4 is 4.90 Å². The lowest BCUT2D eigenvalue weighted by atomic mass is 10.1. The smallest absolute Gasteiger partial charge is 0.336 e. The molecule has 1 aromatic heterocycles. The van der Waals surface area contributed by atoms with Crippen LogP contribution in [-0.2, 0) is 4.74 Å². The van der Waals surface area contributed by atoms with Crippen molar-refractivity contribution >= 4 is 22.6 Å². The zero-order chi connectivity index (χ0) is 13.9. The molecule has 1 saturated heterocycles. The summed E-state index contributed by atoms with van der Waals surface area (Å²) in [5, 5.41) is 9.95. The predicted octanol–water partition coefficient (Wildman–Crippen LogP) is 2.16. The molecule has 5 heteroatoms. The number of pyridine rings is 1. The fourth-order valence-electron chi connectivity index (χ4n) is 2.52. The number of ether oxygens (including phenoxy) is 1. The number of anilines is 1. The number of rotatable bonds is 2. The highest BCUT2D eigenvalue weighted by Crippen LogP contribution is 2.24. The standard InChI is InChI=1S/C15H16N2O3/c18-15(19)12-4-5-16-14-3-2-11(10-13(12)14)17-6-1-8-20-9-7-17/h2-5,10H,1,6-9H2,(H,18,19). The molecule has 2 heterocycles. The Kier molecular flexibility index (Phi) is 3.52. The van der Waals surface area contributed by atoms with Gasteiger partial charge in [0.05, 0.1) is 17.7 Å². The molecule has 0 atom stereocenters. The SMILES string of the molecule is O=C(O)c1ccnc2ccc(N3CCCOCC3)cc12. The Hall–Kier alpha value is -2.14. The molecule has 1 aromatic carbocycles. The number of carboxylic acid groups (broad SMARTS) is 1. The number of hydrogen-bond donors (Lipinski definition) is 1. The maximum absolute atomic E-state index is 11.3. The first-order chi connectivity index (χ1) is 9.75. The van der Waals surface area contributed by atoms with Gasteiger partial charge in [-0.15, -0.1) is 0 Å². The quantitative estimate of drug-likeness (QED) is 0.907. The molecule has 0 saturated carbocycles. The molecule has 0 radical (unpaired) electrons. The van der Waals surface area contributed by atoms with Crippen molar-refractivity contribution in [3.8, 4) is 0 Å². The second kappa shape index (κ2) is 5.46. The molecule has 0 unspecified atom stereocenters. The molecule has 3 rings (SSSR count). The van der Waals surface area contributed by atoms with Crippen LogP contribution in [0.2, 0.25) is 0 Å². The van der Waals surface area contributed by atoms with Crippen molar-refractivity contribution in [2.75, 3.05) is 31.2 Å². The van der Waals surface area contributed by atoms with Gasteiger partial charge in [-0.3, -0.25) is 4.98 Å². The van der Waals surface area contributed by atoms with Crippen LogP contribution in [0.4, 0.5) is 5.69 Å². The van der Waals surface area contributed by atoms with Crippen LogP contribution in [0.25, 0.3) is 10.9 Å². The minimum atomic E-state index is -0.922. The number of carbonyl (C=O) groups is 1. The van der Waals surface area contributed by atoms with Gasteiger partial charge in [-0.2, -0.15) is 0 Å². The second-order valence-electron chi connectivity index (χ2n) is 4.82. The number of hydrogen-bond acceptors (Lipinski definition) is 4. The first-order valence-corrected chi connectivity index (χ1v) is 6.70. The molecular weight excluding hydrogens is 256 g/mol. The summed E-state index contributed by atoms with van der Waals surface area (Å²) in [7, 11) is 0. The third-order valence-corrected chi connectivity index (χ3v) is 3.54. The first-order valence-electron chi connectivity index (χ1n) is 6.70. The summed E-state index contributed by atoms with van der Waals surface area (Å²) in [5.41, 5.74) is 2.03. The summed E-state index contributed by atoms with van der Waals surface area (Å²) in [6.45, 7) is 3.24. The number of carboxylic acids is 1. The molecule has 0 spiro atoms. The van der Waals surface area contributed by atoms with Crippen LogP contribution in [0.5, 0.6) is 0 Å². The molecule has 20 heavy (non-hydrogen) atoms. The lowest BCUT2D eigenvalue weighted by Gasteiger charge is -2.22. The normalized spacial score (nSPS) is 16.1. The van der Waals surface area contributed by atoms with E-state index in [1.807, 2.05) is 18.2 Å². The molecule has 2 aromatic rings. The van der Waals surface area contributed by atoms with Gasteiger partial charge >= 0.3 is 5.97 Å². The molecule has 1 aliphatic heterocycles. The van der Waals surface area contributed by atoms with Gasteiger partial charge in [0, 0.05) is 37.0 Å². The van der Waals surface area contributed by atoms with E-state index in [4.69, 9.17) is 4.74 Å². The Morgan fingerprint density at radius 3 is 3.00 bits per heavy atom. The predicted molar refractivity (Wildman–Crippen MR) is 76.4 cm³/mol. The van der Waals surface area contributed by atoms with Gasteiger partial charge in [0.1, 0.15) is 0 Å². The Morgan fingerprint density at radius 2 is 2.15 bits per heavy atom. The average Bonchev–Trinajstić information content (AvgIpc) is 2.75. The maximum Gasteiger partial charge on any atom is 0.336 e. The highest BCUT2D eigenvalue weighted by molar-refractivity contribution is 6.03. The molecular formula is C15H16N2O3. The van der Waals surface area contributed by atoms with E-state index in [9.17, 15) is 9.90 Å². The summed E-state index contributed by atoms with van der Waals surface area (Å²) < 4.78 is 5.45. The fourth-order valence-corrected chi connectivity index (χ4v) is 2.52. The van der Waals surface area contributed by atoms with Crippen molar-refractivity contribution in [3.05, 3.63) is 36.0 Å². The first kappa shape index (κ1) is 12.9. The summed E-state index contributed by atoms with van der Waals surface area (Å²) in [6.07, 6.45) is 2.52. The van der Waals surface area contributed by atoms with E-state index in [0.717, 1.165) is 31.8 Å². The third kappa shape index (κ3) is 2.44. The van der Waals surface area contributed by atoms with Crippen LogP contribution in [0.1, 0.15) is 16.8 Å². The van der Waals surface area contributed by atoms with Gasteiger partial charge in [0.2, 0.25) is 0 Å². The summed E-state index contributed by atoms with van der Waals surface area (Å²) in [4.78, 5) is 17.7. The lowest BCUT2D eigenvalue weighted by molar-refractivity contribution is 0.0699. The average molecular weight is 272 g/mol. The van der Waals surface area contributed by atoms with Gasteiger partial charge in [0.25, 0.3) is 0 Å².